The third kappa shape index (κ3) is 3.33. The summed E-state index contributed by atoms with van der Waals surface area (Å²) in [7, 11) is 0. The quantitative estimate of drug-likeness (QED) is 0.366. The Morgan fingerprint density at radius 3 is 2.67 bits per heavy atom. The molecule has 5 nitrogen and oxygen atoms in total. The van der Waals surface area contributed by atoms with Crippen LogP contribution in [0.1, 0.15) is 16.8 Å². The summed E-state index contributed by atoms with van der Waals surface area (Å²) in [6.45, 7) is 4.71. The molecule has 0 bridgehead atoms. The van der Waals surface area contributed by atoms with Crippen molar-refractivity contribution in [2.75, 3.05) is 13.1 Å². The van der Waals surface area contributed by atoms with E-state index in [1.807, 2.05) is 18.2 Å². The van der Waals surface area contributed by atoms with Crippen LogP contribution < -0.4 is 0 Å². The zero-order chi connectivity index (χ0) is 15.2. The Morgan fingerprint density at radius 2 is 2.05 bits per heavy atom. The molecular formula is C16H17N3O2. The monoisotopic (exact) mass is 283 g/mol. The average Bonchev–Trinajstić information content (AvgIpc) is 2.54. The predicted octanol–water partition coefficient (Wildman–Crippen LogP) is 1.82. The Kier molecular flexibility index (Phi) is 4.80. The van der Waals surface area contributed by atoms with Crippen LogP contribution >= 0.6 is 0 Å². The second-order valence-corrected chi connectivity index (χ2v) is 5.06. The molecule has 1 aliphatic heterocycles. The van der Waals surface area contributed by atoms with Gasteiger partial charge >= 0.3 is 6.21 Å². The fourth-order valence-corrected chi connectivity index (χ4v) is 2.67. The highest BCUT2D eigenvalue weighted by atomic mass is 16.2. The van der Waals surface area contributed by atoms with Crippen LogP contribution in [0.15, 0.2) is 43.0 Å². The van der Waals surface area contributed by atoms with Crippen LogP contribution in [0.2, 0.25) is 0 Å². The highest BCUT2D eigenvalue weighted by Crippen LogP contribution is 2.26. The first kappa shape index (κ1) is 14.9. The van der Waals surface area contributed by atoms with Crippen molar-refractivity contribution in [3.05, 3.63) is 54.1 Å². The van der Waals surface area contributed by atoms with E-state index in [4.69, 9.17) is 5.53 Å². The van der Waals surface area contributed by atoms with Crippen molar-refractivity contribution in [1.82, 2.24) is 4.90 Å². The summed E-state index contributed by atoms with van der Waals surface area (Å²) in [4.78, 5) is 28.8. The van der Waals surface area contributed by atoms with Gasteiger partial charge in [-0.2, -0.15) is 4.79 Å². The summed E-state index contributed by atoms with van der Waals surface area (Å²) < 4.78 is 0. The van der Waals surface area contributed by atoms with Crippen LogP contribution in [-0.2, 0) is 4.79 Å². The minimum Gasteiger partial charge on any atom is -0.361 e. The Morgan fingerprint density at radius 1 is 1.33 bits per heavy atom. The SMILES string of the molecule is C=C[C@@H]1CN(C(=O)c2ccccc2)CC[C@@H]1C(=O)C=[N+]=[N-]. The summed E-state index contributed by atoms with van der Waals surface area (Å²) in [6, 6.07) is 9.07. The third-order valence-corrected chi connectivity index (χ3v) is 3.82. The summed E-state index contributed by atoms with van der Waals surface area (Å²) >= 11 is 0. The van der Waals surface area contributed by atoms with Crippen LogP contribution in [0.4, 0.5) is 0 Å². The smallest absolute Gasteiger partial charge is 0.323 e. The number of nitrogens with zero attached hydrogens (tertiary/aromatic N) is 3. The summed E-state index contributed by atoms with van der Waals surface area (Å²) in [5.74, 6) is -0.673. The number of rotatable bonds is 4. The van der Waals surface area contributed by atoms with Gasteiger partial charge in [-0.1, -0.05) is 24.3 Å². The second kappa shape index (κ2) is 6.77. The van der Waals surface area contributed by atoms with Crippen molar-refractivity contribution in [2.45, 2.75) is 6.42 Å². The first-order chi connectivity index (χ1) is 10.2. The molecule has 1 aromatic rings. The minimum absolute atomic E-state index is 0.0378. The lowest BCUT2D eigenvalue weighted by molar-refractivity contribution is -0.122. The van der Waals surface area contributed by atoms with E-state index in [0.717, 1.165) is 6.21 Å². The average molecular weight is 283 g/mol. The molecule has 2 rings (SSSR count). The van der Waals surface area contributed by atoms with E-state index in [1.54, 1.807) is 23.1 Å². The third-order valence-electron chi connectivity index (χ3n) is 3.82. The Bertz CT molecular complexity index is 591. The zero-order valence-electron chi connectivity index (χ0n) is 11.7. The summed E-state index contributed by atoms with van der Waals surface area (Å²) in [6.07, 6.45) is 3.16. The van der Waals surface area contributed by atoms with Gasteiger partial charge in [-0.3, -0.25) is 9.59 Å². The van der Waals surface area contributed by atoms with Gasteiger partial charge in [0.15, 0.2) is 0 Å². The highest BCUT2D eigenvalue weighted by molar-refractivity contribution is 6.26. The molecule has 0 spiro atoms. The molecule has 1 saturated heterocycles. The first-order valence-electron chi connectivity index (χ1n) is 6.85. The maximum atomic E-state index is 12.4. The number of benzene rings is 1. The van der Waals surface area contributed by atoms with Crippen molar-refractivity contribution in [1.29, 1.82) is 0 Å². The molecule has 5 heteroatoms. The largest absolute Gasteiger partial charge is 0.361 e. The van der Waals surface area contributed by atoms with Crippen molar-refractivity contribution in [2.24, 2.45) is 11.8 Å². The van der Waals surface area contributed by atoms with E-state index in [-0.39, 0.29) is 23.5 Å². The van der Waals surface area contributed by atoms with Crippen molar-refractivity contribution in [3.8, 4) is 0 Å². The van der Waals surface area contributed by atoms with Gasteiger partial charge in [-0.15, -0.1) is 6.58 Å². The van der Waals surface area contributed by atoms with E-state index in [0.29, 0.717) is 25.1 Å². The van der Waals surface area contributed by atoms with Gasteiger partial charge in [0, 0.05) is 30.5 Å². The number of amides is 1. The van der Waals surface area contributed by atoms with Crippen molar-refractivity contribution >= 4 is 17.9 Å². The fraction of sp³-hybridized carbons (Fsp3) is 0.312. The standard InChI is InChI=1S/C16H17N3O2/c1-2-12-11-19(9-8-14(12)15(20)10-18-17)16(21)13-6-4-3-5-7-13/h2-7,10,12,14H,1,8-9,11H2/t12-,14+/m1/s1. The highest BCUT2D eigenvalue weighted by Gasteiger charge is 2.34. The van der Waals surface area contributed by atoms with Crippen molar-refractivity contribution < 1.29 is 14.4 Å². The van der Waals surface area contributed by atoms with Crippen LogP contribution in [0.3, 0.4) is 0 Å². The zero-order valence-corrected chi connectivity index (χ0v) is 11.7. The molecule has 0 aromatic heterocycles. The lowest BCUT2D eigenvalue weighted by Crippen LogP contribution is -2.45. The van der Waals surface area contributed by atoms with E-state index in [1.165, 1.54) is 0 Å². The molecule has 0 unspecified atom stereocenters. The number of hydrogen-bond acceptors (Lipinski definition) is 2. The van der Waals surface area contributed by atoms with Gasteiger partial charge in [0.25, 0.3) is 5.91 Å². The molecule has 108 valence electrons. The lowest BCUT2D eigenvalue weighted by atomic mass is 9.82. The number of carbonyl (C=O) groups excluding carboxylic acids is 2. The van der Waals surface area contributed by atoms with Crippen LogP contribution in [0.25, 0.3) is 5.53 Å². The molecule has 1 heterocycles. The molecule has 1 fully saturated rings. The molecule has 0 saturated carbocycles. The molecule has 1 amide bonds. The molecule has 0 N–H and O–H groups in total. The second-order valence-electron chi connectivity index (χ2n) is 5.06. The minimum atomic E-state index is -0.279. The number of hydrogen-bond donors (Lipinski definition) is 0. The number of piperidine rings is 1. The number of likely N-dealkylation sites (tertiary alicyclic amines) is 1. The maximum Gasteiger partial charge on any atom is 0.323 e. The van der Waals surface area contributed by atoms with Crippen LogP contribution in [0.5, 0.6) is 0 Å². The van der Waals surface area contributed by atoms with E-state index >= 15 is 0 Å². The maximum absolute atomic E-state index is 12.4. The van der Waals surface area contributed by atoms with Crippen LogP contribution in [0, 0.1) is 11.8 Å². The molecule has 1 aliphatic rings. The molecular weight excluding hydrogens is 266 g/mol. The summed E-state index contributed by atoms with van der Waals surface area (Å²) in [5.41, 5.74) is 9.11. The van der Waals surface area contributed by atoms with Gasteiger partial charge in [-0.25, -0.2) is 0 Å². The van der Waals surface area contributed by atoms with Gasteiger partial charge in [0.1, 0.15) is 0 Å². The number of carbonyl (C=O) groups is 2. The molecule has 0 radical (unpaired) electrons. The Balaban J connectivity index is 2.11. The van der Waals surface area contributed by atoms with Gasteiger partial charge in [0.05, 0.1) is 0 Å². The lowest BCUT2D eigenvalue weighted by Gasteiger charge is -2.35. The molecule has 21 heavy (non-hydrogen) atoms. The number of Topliss-reactive ketones (excluding diaryl/α,β-unsaturated/α-hetero) is 1. The van der Waals surface area contributed by atoms with Crippen LogP contribution in [-0.4, -0.2) is 40.7 Å². The summed E-state index contributed by atoms with van der Waals surface area (Å²) in [5, 5.41) is 0. The van der Waals surface area contributed by atoms with E-state index in [9.17, 15) is 9.59 Å². The topological polar surface area (TPSA) is 73.8 Å². The van der Waals surface area contributed by atoms with Crippen molar-refractivity contribution in [3.63, 3.8) is 0 Å². The van der Waals surface area contributed by atoms with E-state index in [2.05, 4.69) is 11.4 Å². The van der Waals surface area contributed by atoms with E-state index < -0.39 is 0 Å². The predicted molar refractivity (Wildman–Crippen MR) is 78.8 cm³/mol. The molecule has 1 aromatic carbocycles. The normalized spacial score (nSPS) is 21.2. The molecule has 2 atom stereocenters. The fourth-order valence-electron chi connectivity index (χ4n) is 2.67. The Labute approximate surface area is 123 Å². The number of ketones is 1. The first-order valence-corrected chi connectivity index (χ1v) is 6.85. The Hall–Kier alpha value is -2.52. The van der Waals surface area contributed by atoms with Gasteiger partial charge in [-0.05, 0) is 18.6 Å². The van der Waals surface area contributed by atoms with Gasteiger partial charge < -0.3 is 10.4 Å². The van der Waals surface area contributed by atoms with Gasteiger partial charge in [0.2, 0.25) is 5.78 Å². The molecule has 0 aliphatic carbocycles.